The van der Waals surface area contributed by atoms with Crippen molar-refractivity contribution in [1.82, 2.24) is 19.2 Å². The van der Waals surface area contributed by atoms with E-state index in [-0.39, 0.29) is 17.2 Å². The summed E-state index contributed by atoms with van der Waals surface area (Å²) in [6.45, 7) is 4.96. The van der Waals surface area contributed by atoms with E-state index in [1.54, 1.807) is 22.6 Å². The average Bonchev–Trinajstić information content (AvgIpc) is 3.21. The highest BCUT2D eigenvalue weighted by Gasteiger charge is 2.31. The number of rotatable bonds is 5. The lowest BCUT2D eigenvalue weighted by Gasteiger charge is -2.32. The third-order valence-electron chi connectivity index (χ3n) is 5.65. The Hall–Kier alpha value is -1.55. The Balaban J connectivity index is 1.52. The number of fused-ring (bicyclic) bond motifs is 1. The van der Waals surface area contributed by atoms with Crippen molar-refractivity contribution in [2.75, 3.05) is 25.4 Å². The van der Waals surface area contributed by atoms with Gasteiger partial charge in [-0.15, -0.1) is 11.3 Å². The Labute approximate surface area is 169 Å². The van der Waals surface area contributed by atoms with Gasteiger partial charge in [-0.3, -0.25) is 9.69 Å². The van der Waals surface area contributed by atoms with Gasteiger partial charge >= 0.3 is 0 Å². The van der Waals surface area contributed by atoms with E-state index >= 15 is 0 Å². The predicted molar refractivity (Wildman–Crippen MR) is 110 cm³/mol. The van der Waals surface area contributed by atoms with Crippen molar-refractivity contribution in [3.05, 3.63) is 49.8 Å². The van der Waals surface area contributed by atoms with Gasteiger partial charge in [0, 0.05) is 49.9 Å². The van der Waals surface area contributed by atoms with Crippen LogP contribution in [0.15, 0.2) is 22.3 Å². The van der Waals surface area contributed by atoms with Crippen molar-refractivity contribution in [3.63, 3.8) is 0 Å². The van der Waals surface area contributed by atoms with Crippen LogP contribution in [0.1, 0.15) is 47.6 Å². The topological polar surface area (TPSA) is 86.4 Å². The standard InChI is InChI=1S/C19H26N4O3S2/c1-2-28(25,26)23-8-3-5-14(11-23)18-20-17-7-9-22(12-15-6-4-10-27-15)13-16(17)19(24)21-18/h4,6,10,14H,2-3,5,7-9,11-13H2,1H3,(H,20,21,24)/t14-/m1/s1. The van der Waals surface area contributed by atoms with Gasteiger partial charge in [-0.25, -0.2) is 17.7 Å². The minimum absolute atomic E-state index is 0.0442. The number of thiophene rings is 1. The van der Waals surface area contributed by atoms with Crippen LogP contribution in [0, 0.1) is 0 Å². The molecule has 1 saturated heterocycles. The first-order valence-corrected chi connectivity index (χ1v) is 12.3. The van der Waals surface area contributed by atoms with Crippen molar-refractivity contribution in [3.8, 4) is 0 Å². The van der Waals surface area contributed by atoms with Crippen molar-refractivity contribution < 1.29 is 8.42 Å². The summed E-state index contributed by atoms with van der Waals surface area (Å²) in [4.78, 5) is 24.1. The number of hydrogen-bond acceptors (Lipinski definition) is 6. The molecular formula is C19H26N4O3S2. The molecule has 9 heteroatoms. The summed E-state index contributed by atoms with van der Waals surface area (Å²) in [6.07, 6.45) is 2.39. The van der Waals surface area contributed by atoms with Gasteiger partial charge in [0.25, 0.3) is 5.56 Å². The van der Waals surface area contributed by atoms with Gasteiger partial charge in [-0.1, -0.05) is 6.07 Å². The highest BCUT2D eigenvalue weighted by Crippen LogP contribution is 2.27. The smallest absolute Gasteiger partial charge is 0.255 e. The quantitative estimate of drug-likeness (QED) is 0.796. The molecule has 0 unspecified atom stereocenters. The van der Waals surface area contributed by atoms with Gasteiger partial charge in [0.1, 0.15) is 5.82 Å². The predicted octanol–water partition coefficient (Wildman–Crippen LogP) is 1.92. The molecule has 0 radical (unpaired) electrons. The fourth-order valence-electron chi connectivity index (χ4n) is 4.05. The number of hydrogen-bond donors (Lipinski definition) is 1. The Morgan fingerprint density at radius 2 is 2.21 bits per heavy atom. The van der Waals surface area contributed by atoms with E-state index in [9.17, 15) is 13.2 Å². The molecule has 2 aliphatic rings. The maximum Gasteiger partial charge on any atom is 0.255 e. The van der Waals surface area contributed by atoms with Gasteiger partial charge in [0.2, 0.25) is 10.0 Å². The third-order valence-corrected chi connectivity index (χ3v) is 8.36. The summed E-state index contributed by atoms with van der Waals surface area (Å²) < 4.78 is 26.0. The molecule has 1 N–H and O–H groups in total. The number of nitrogens with one attached hydrogen (secondary N) is 1. The molecule has 7 nitrogen and oxygen atoms in total. The minimum atomic E-state index is -3.21. The molecule has 0 aromatic carbocycles. The summed E-state index contributed by atoms with van der Waals surface area (Å²) >= 11 is 1.73. The summed E-state index contributed by atoms with van der Waals surface area (Å²) in [5, 5.41) is 2.07. The molecule has 0 saturated carbocycles. The molecule has 0 spiro atoms. The molecule has 1 atom stereocenters. The summed E-state index contributed by atoms with van der Waals surface area (Å²) in [5.74, 6) is 0.706. The van der Waals surface area contributed by atoms with Gasteiger partial charge < -0.3 is 4.98 Å². The zero-order chi connectivity index (χ0) is 19.7. The lowest BCUT2D eigenvalue weighted by molar-refractivity contribution is 0.242. The molecule has 2 aromatic rings. The number of H-pyrrole nitrogens is 1. The molecule has 2 aromatic heterocycles. The van der Waals surface area contributed by atoms with Crippen LogP contribution in [0.4, 0.5) is 0 Å². The SMILES string of the molecule is CCS(=O)(=O)N1CCC[C@@H](c2nc3c(c(=O)[nH]2)CN(Cc2cccs2)CC3)C1. The summed E-state index contributed by atoms with van der Waals surface area (Å²) in [5.41, 5.74) is 1.54. The van der Waals surface area contributed by atoms with E-state index in [1.807, 2.05) is 6.07 Å². The monoisotopic (exact) mass is 422 g/mol. The first-order chi connectivity index (χ1) is 13.5. The zero-order valence-electron chi connectivity index (χ0n) is 16.1. The van der Waals surface area contributed by atoms with Gasteiger partial charge in [-0.2, -0.15) is 0 Å². The van der Waals surface area contributed by atoms with E-state index in [2.05, 4.69) is 21.3 Å². The first-order valence-electron chi connectivity index (χ1n) is 9.81. The van der Waals surface area contributed by atoms with Crippen molar-refractivity contribution >= 4 is 21.4 Å². The number of aromatic amines is 1. The highest BCUT2D eigenvalue weighted by molar-refractivity contribution is 7.89. The minimum Gasteiger partial charge on any atom is -0.310 e. The maximum atomic E-state index is 12.8. The highest BCUT2D eigenvalue weighted by atomic mass is 32.2. The Kier molecular flexibility index (Phi) is 5.69. The van der Waals surface area contributed by atoms with Gasteiger partial charge in [0.05, 0.1) is 17.0 Å². The van der Waals surface area contributed by atoms with Crippen molar-refractivity contribution in [1.29, 1.82) is 0 Å². The summed E-state index contributed by atoms with van der Waals surface area (Å²) in [6, 6.07) is 4.16. The second-order valence-electron chi connectivity index (χ2n) is 7.51. The first kappa shape index (κ1) is 19.8. The lowest BCUT2D eigenvalue weighted by atomic mass is 9.98. The van der Waals surface area contributed by atoms with Crippen LogP contribution in [0.3, 0.4) is 0 Å². The molecule has 0 bridgehead atoms. The zero-order valence-corrected chi connectivity index (χ0v) is 17.7. The number of sulfonamides is 1. The molecule has 1 fully saturated rings. The van der Waals surface area contributed by atoms with Crippen LogP contribution < -0.4 is 5.56 Å². The molecule has 0 amide bonds. The van der Waals surface area contributed by atoms with E-state index < -0.39 is 10.0 Å². The normalized spacial score (nSPS) is 21.5. The van der Waals surface area contributed by atoms with Crippen LogP contribution in [0.5, 0.6) is 0 Å². The van der Waals surface area contributed by atoms with E-state index in [0.29, 0.717) is 25.5 Å². The molecule has 2 aliphatic heterocycles. The van der Waals surface area contributed by atoms with Crippen LogP contribution >= 0.6 is 11.3 Å². The molecule has 28 heavy (non-hydrogen) atoms. The molecule has 152 valence electrons. The molecule has 4 heterocycles. The molecule has 0 aliphatic carbocycles. The van der Waals surface area contributed by atoms with Crippen molar-refractivity contribution in [2.24, 2.45) is 0 Å². The van der Waals surface area contributed by atoms with Crippen LogP contribution in [0.25, 0.3) is 0 Å². The lowest BCUT2D eigenvalue weighted by Crippen LogP contribution is -2.41. The second-order valence-corrected chi connectivity index (χ2v) is 10.8. The van der Waals surface area contributed by atoms with Gasteiger partial charge in [0.15, 0.2) is 0 Å². The third kappa shape index (κ3) is 4.07. The largest absolute Gasteiger partial charge is 0.310 e. The van der Waals surface area contributed by atoms with E-state index in [0.717, 1.165) is 43.6 Å². The second kappa shape index (κ2) is 8.06. The van der Waals surface area contributed by atoms with Crippen LogP contribution in [-0.4, -0.2) is 53.0 Å². The summed E-state index contributed by atoms with van der Waals surface area (Å²) in [7, 11) is -3.21. The van der Waals surface area contributed by atoms with Gasteiger partial charge in [-0.05, 0) is 31.2 Å². The Bertz CT molecular complexity index is 985. The Morgan fingerprint density at radius 1 is 1.36 bits per heavy atom. The fourth-order valence-corrected chi connectivity index (χ4v) is 5.98. The number of nitrogens with zero attached hydrogens (tertiary/aromatic N) is 3. The van der Waals surface area contributed by atoms with Crippen molar-refractivity contribution in [2.45, 2.75) is 45.2 Å². The molecule has 4 rings (SSSR count). The molecular weight excluding hydrogens is 396 g/mol. The maximum absolute atomic E-state index is 12.8. The van der Waals surface area contributed by atoms with E-state index in [4.69, 9.17) is 4.98 Å². The average molecular weight is 423 g/mol. The Morgan fingerprint density at radius 3 is 2.96 bits per heavy atom. The number of aromatic nitrogens is 2. The fraction of sp³-hybridized carbons (Fsp3) is 0.579. The van der Waals surface area contributed by atoms with Crippen LogP contribution in [0.2, 0.25) is 0 Å². The number of piperidine rings is 1. The van der Waals surface area contributed by atoms with Crippen LogP contribution in [-0.2, 0) is 29.5 Å². The van der Waals surface area contributed by atoms with E-state index in [1.165, 1.54) is 4.88 Å².